The molecule has 1 aliphatic carbocycles. The number of hydrogen-bond acceptors (Lipinski definition) is 1. The van der Waals surface area contributed by atoms with Gasteiger partial charge in [-0.2, -0.15) is 0 Å². The zero-order chi connectivity index (χ0) is 11.1. The molecule has 2 fully saturated rings. The van der Waals surface area contributed by atoms with Gasteiger partial charge in [0.1, 0.15) is 0 Å². The first kappa shape index (κ1) is 11.0. The van der Waals surface area contributed by atoms with E-state index in [0.717, 1.165) is 12.5 Å². The van der Waals surface area contributed by atoms with Crippen molar-refractivity contribution in [1.82, 2.24) is 4.90 Å². The van der Waals surface area contributed by atoms with E-state index in [2.05, 4.69) is 16.7 Å². The number of nitrogens with zero attached hydrogens (tertiary/aromatic N) is 1. The van der Waals surface area contributed by atoms with Crippen LogP contribution in [0.2, 0.25) is 0 Å². The van der Waals surface area contributed by atoms with Crippen LogP contribution in [0.5, 0.6) is 0 Å². The lowest BCUT2D eigenvalue weighted by molar-refractivity contribution is 0.00985. The molecule has 0 aromatic heterocycles. The van der Waals surface area contributed by atoms with E-state index in [4.69, 9.17) is 0 Å². The van der Waals surface area contributed by atoms with Gasteiger partial charge in [-0.05, 0) is 39.5 Å². The molecule has 0 aromatic carbocycles. The highest BCUT2D eigenvalue weighted by atomic mass is 19.1. The average molecular weight is 209 g/mol. The summed E-state index contributed by atoms with van der Waals surface area (Å²) in [4.78, 5) is 2.19. The Morgan fingerprint density at radius 1 is 1.33 bits per heavy atom. The van der Waals surface area contributed by atoms with Gasteiger partial charge in [0, 0.05) is 25.0 Å². The Morgan fingerprint density at radius 3 is 2.40 bits per heavy atom. The minimum absolute atomic E-state index is 0.0873. The lowest BCUT2D eigenvalue weighted by Crippen LogP contribution is -2.58. The van der Waals surface area contributed by atoms with Crippen LogP contribution in [0.25, 0.3) is 0 Å². The highest BCUT2D eigenvalue weighted by Gasteiger charge is 2.43. The van der Waals surface area contributed by atoms with Gasteiger partial charge in [-0.25, -0.2) is 4.39 Å². The predicted molar refractivity (Wildman–Crippen MR) is 60.2 cm³/mol. The van der Waals surface area contributed by atoms with Crippen molar-refractivity contribution in [1.29, 1.82) is 0 Å². The molecule has 0 aromatic rings. The lowest BCUT2D eigenvalue weighted by atomic mass is 9.92. The van der Waals surface area contributed by atoms with E-state index in [9.17, 15) is 4.39 Å². The maximum Gasteiger partial charge on any atom is 0.195 e. The van der Waals surface area contributed by atoms with Crippen LogP contribution < -0.4 is 0 Å². The van der Waals surface area contributed by atoms with E-state index in [-0.39, 0.29) is 5.41 Å². The number of rotatable bonds is 2. The van der Waals surface area contributed by atoms with E-state index in [0.29, 0.717) is 13.1 Å². The Bertz CT molecular complexity index is 295. The summed E-state index contributed by atoms with van der Waals surface area (Å²) in [6, 6.07) is 0. The third-order valence-electron chi connectivity index (χ3n) is 2.82. The van der Waals surface area contributed by atoms with Crippen LogP contribution in [0.1, 0.15) is 33.6 Å². The second kappa shape index (κ2) is 3.49. The van der Waals surface area contributed by atoms with Crippen LogP contribution in [0.3, 0.4) is 0 Å². The Kier molecular flexibility index (Phi) is 2.55. The van der Waals surface area contributed by atoms with Gasteiger partial charge in [0.05, 0.1) is 0 Å². The fourth-order valence-electron chi connectivity index (χ4n) is 1.84. The first-order valence-corrected chi connectivity index (χ1v) is 5.82. The van der Waals surface area contributed by atoms with E-state index in [1.165, 1.54) is 12.8 Å². The normalized spacial score (nSPS) is 25.3. The topological polar surface area (TPSA) is 3.24 Å². The summed E-state index contributed by atoms with van der Waals surface area (Å²) >= 11 is 0. The second-order valence-electron chi connectivity index (χ2n) is 6.08. The molecule has 1 saturated heterocycles. The molecule has 0 unspecified atom stereocenters. The Balaban J connectivity index is 1.80. The SMILES string of the molecule is CC(C)(C)C#CC1(F)CN(CC2CC2)C1. The maximum atomic E-state index is 13.9. The van der Waals surface area contributed by atoms with Crippen LogP contribution >= 0.6 is 0 Å². The molecule has 0 amide bonds. The van der Waals surface area contributed by atoms with Gasteiger partial charge in [0.15, 0.2) is 5.67 Å². The van der Waals surface area contributed by atoms with Gasteiger partial charge in [-0.1, -0.05) is 11.8 Å². The van der Waals surface area contributed by atoms with Crippen molar-refractivity contribution in [2.24, 2.45) is 11.3 Å². The van der Waals surface area contributed by atoms with Gasteiger partial charge in [0.2, 0.25) is 0 Å². The summed E-state index contributed by atoms with van der Waals surface area (Å²) < 4.78 is 13.9. The fraction of sp³-hybridized carbons (Fsp3) is 0.846. The molecule has 1 heterocycles. The molecule has 15 heavy (non-hydrogen) atoms. The molecular formula is C13H20FN. The zero-order valence-corrected chi connectivity index (χ0v) is 9.94. The molecule has 0 atom stereocenters. The van der Waals surface area contributed by atoms with E-state index in [1.54, 1.807) is 0 Å². The van der Waals surface area contributed by atoms with Gasteiger partial charge >= 0.3 is 0 Å². The summed E-state index contributed by atoms with van der Waals surface area (Å²) in [5.41, 5.74) is -1.31. The molecule has 0 bridgehead atoms. The highest BCUT2D eigenvalue weighted by molar-refractivity contribution is 5.23. The molecule has 0 spiro atoms. The largest absolute Gasteiger partial charge is 0.295 e. The monoisotopic (exact) mass is 209 g/mol. The molecule has 1 saturated carbocycles. The molecule has 0 N–H and O–H groups in total. The number of hydrogen-bond donors (Lipinski definition) is 0. The van der Waals surface area contributed by atoms with Crippen LogP contribution in [-0.4, -0.2) is 30.2 Å². The van der Waals surface area contributed by atoms with Crippen molar-refractivity contribution in [2.45, 2.75) is 39.3 Å². The van der Waals surface area contributed by atoms with Crippen molar-refractivity contribution in [3.05, 3.63) is 0 Å². The zero-order valence-electron chi connectivity index (χ0n) is 9.94. The first-order chi connectivity index (χ1) is 6.86. The molecule has 2 aliphatic rings. The lowest BCUT2D eigenvalue weighted by Gasteiger charge is -2.41. The second-order valence-corrected chi connectivity index (χ2v) is 6.08. The molecule has 84 valence electrons. The Labute approximate surface area is 92.0 Å². The summed E-state index contributed by atoms with van der Waals surface area (Å²) in [5, 5.41) is 0. The average Bonchev–Trinajstić information content (AvgIpc) is 2.80. The van der Waals surface area contributed by atoms with Crippen molar-refractivity contribution < 1.29 is 4.39 Å². The van der Waals surface area contributed by atoms with Gasteiger partial charge in [0.25, 0.3) is 0 Å². The van der Waals surface area contributed by atoms with E-state index >= 15 is 0 Å². The van der Waals surface area contributed by atoms with Crippen LogP contribution in [-0.2, 0) is 0 Å². The van der Waals surface area contributed by atoms with Crippen molar-refractivity contribution in [3.63, 3.8) is 0 Å². The first-order valence-electron chi connectivity index (χ1n) is 5.82. The summed E-state index contributed by atoms with van der Waals surface area (Å²) in [5.74, 6) is 6.65. The molecule has 1 aliphatic heterocycles. The predicted octanol–water partition coefficient (Wildman–Crippen LogP) is 2.47. The molecule has 2 rings (SSSR count). The highest BCUT2D eigenvalue weighted by Crippen LogP contribution is 2.34. The Hall–Kier alpha value is -0.550. The fourth-order valence-corrected chi connectivity index (χ4v) is 1.84. The number of alkyl halides is 1. The van der Waals surface area contributed by atoms with Crippen molar-refractivity contribution in [3.8, 4) is 11.8 Å². The van der Waals surface area contributed by atoms with Crippen LogP contribution in [0.4, 0.5) is 4.39 Å². The maximum absolute atomic E-state index is 13.9. The van der Waals surface area contributed by atoms with Gasteiger partial charge < -0.3 is 0 Å². The van der Waals surface area contributed by atoms with Crippen LogP contribution in [0, 0.1) is 23.2 Å². The number of likely N-dealkylation sites (tertiary alicyclic amines) is 1. The summed E-state index contributed by atoms with van der Waals surface area (Å²) in [6.07, 6.45) is 2.67. The number of halogens is 1. The Morgan fingerprint density at radius 2 is 1.93 bits per heavy atom. The minimum Gasteiger partial charge on any atom is -0.295 e. The minimum atomic E-state index is -1.22. The van der Waals surface area contributed by atoms with Crippen LogP contribution in [0.15, 0.2) is 0 Å². The van der Waals surface area contributed by atoms with Gasteiger partial charge in [-0.3, -0.25) is 4.90 Å². The van der Waals surface area contributed by atoms with E-state index in [1.807, 2.05) is 20.8 Å². The standard InChI is InChI=1S/C13H20FN/c1-12(2,3)6-7-13(14)9-15(10-13)8-11-4-5-11/h11H,4-5,8-10H2,1-3H3. The van der Waals surface area contributed by atoms with Crippen molar-refractivity contribution >= 4 is 0 Å². The van der Waals surface area contributed by atoms with Crippen molar-refractivity contribution in [2.75, 3.05) is 19.6 Å². The summed E-state index contributed by atoms with van der Waals surface area (Å²) in [7, 11) is 0. The quantitative estimate of drug-likeness (QED) is 0.631. The molecule has 0 radical (unpaired) electrons. The smallest absolute Gasteiger partial charge is 0.195 e. The van der Waals surface area contributed by atoms with Gasteiger partial charge in [-0.15, -0.1) is 0 Å². The molecule has 2 heteroatoms. The van der Waals surface area contributed by atoms with E-state index < -0.39 is 5.67 Å². The third kappa shape index (κ3) is 3.21. The molecular weight excluding hydrogens is 189 g/mol. The summed E-state index contributed by atoms with van der Waals surface area (Å²) in [6.45, 7) is 8.18. The molecule has 1 nitrogen and oxygen atoms in total. The third-order valence-corrected chi connectivity index (χ3v) is 2.82.